The van der Waals surface area contributed by atoms with Crippen molar-refractivity contribution in [3.05, 3.63) is 64.4 Å². The van der Waals surface area contributed by atoms with E-state index >= 15 is 0 Å². The van der Waals surface area contributed by atoms with Crippen LogP contribution in [0.3, 0.4) is 0 Å². The normalized spacial score (nSPS) is 10.7. The third-order valence-electron chi connectivity index (χ3n) is 3.89. The van der Waals surface area contributed by atoms with Gasteiger partial charge in [0.05, 0.1) is 17.7 Å². The van der Waals surface area contributed by atoms with E-state index in [9.17, 15) is 4.79 Å². The van der Waals surface area contributed by atoms with Gasteiger partial charge < -0.3 is 18.5 Å². The molecule has 0 saturated carbocycles. The first-order valence-corrected chi connectivity index (χ1v) is 8.22. The number of aryl methyl sites for hydroxylation is 3. The summed E-state index contributed by atoms with van der Waals surface area (Å²) in [5.74, 6) is 1.82. The number of carbonyl (C=O) groups is 1. The Morgan fingerprint density at radius 3 is 2.42 bits per heavy atom. The highest BCUT2D eigenvalue weighted by atomic mass is 16.5. The second-order valence-electron chi connectivity index (χ2n) is 6.00. The summed E-state index contributed by atoms with van der Waals surface area (Å²) in [6.45, 7) is 6.01. The quantitative estimate of drug-likeness (QED) is 0.599. The number of nitrogens with zero attached hydrogens (tertiary/aromatic N) is 2. The van der Waals surface area contributed by atoms with Crippen LogP contribution in [0.4, 0.5) is 0 Å². The molecule has 136 valence electrons. The molecular weight excluding hydrogens is 336 g/mol. The lowest BCUT2D eigenvalue weighted by Crippen LogP contribution is -2.08. The van der Waals surface area contributed by atoms with Crippen LogP contribution in [0.1, 0.15) is 34.0 Å². The van der Waals surface area contributed by atoms with Gasteiger partial charge in [-0.2, -0.15) is 0 Å². The summed E-state index contributed by atoms with van der Waals surface area (Å²) in [5, 5.41) is 7.68. The van der Waals surface area contributed by atoms with E-state index in [1.54, 1.807) is 13.0 Å². The molecule has 0 spiro atoms. The largest absolute Gasteiger partial charge is 0.489 e. The van der Waals surface area contributed by atoms with Crippen LogP contribution in [0.2, 0.25) is 0 Å². The number of benzene rings is 1. The number of hydrogen-bond donors (Lipinski definition) is 0. The monoisotopic (exact) mass is 356 g/mol. The van der Waals surface area contributed by atoms with Gasteiger partial charge in [-0.1, -0.05) is 22.4 Å². The molecule has 2 heterocycles. The Morgan fingerprint density at radius 2 is 1.81 bits per heavy atom. The highest BCUT2D eigenvalue weighted by molar-refractivity contribution is 5.72. The lowest BCUT2D eigenvalue weighted by atomic mass is 10.1. The summed E-state index contributed by atoms with van der Waals surface area (Å²) in [7, 11) is 0. The summed E-state index contributed by atoms with van der Waals surface area (Å²) >= 11 is 0. The fourth-order valence-electron chi connectivity index (χ4n) is 2.43. The SMILES string of the molecule is Cc1cc(COC(=O)Cc2ccc(OCc3c(C)noc3C)cc2)no1. The molecule has 2 aromatic heterocycles. The lowest BCUT2D eigenvalue weighted by Gasteiger charge is -2.07. The molecule has 0 amide bonds. The molecule has 3 rings (SSSR count). The van der Waals surface area contributed by atoms with Crippen molar-refractivity contribution in [3.63, 3.8) is 0 Å². The van der Waals surface area contributed by atoms with Gasteiger partial charge in [0.1, 0.15) is 36.2 Å². The minimum absolute atomic E-state index is 0.106. The zero-order valence-electron chi connectivity index (χ0n) is 14.9. The van der Waals surface area contributed by atoms with Crippen LogP contribution < -0.4 is 4.74 Å². The second kappa shape index (κ2) is 7.86. The summed E-state index contributed by atoms with van der Waals surface area (Å²) < 4.78 is 21.0. The molecule has 1 aromatic carbocycles. The lowest BCUT2D eigenvalue weighted by molar-refractivity contribution is -0.144. The topological polar surface area (TPSA) is 87.6 Å². The Kier molecular flexibility index (Phi) is 5.36. The summed E-state index contributed by atoms with van der Waals surface area (Å²) in [5.41, 5.74) is 3.21. The van der Waals surface area contributed by atoms with E-state index in [0.717, 1.165) is 22.6 Å². The molecule has 0 radical (unpaired) electrons. The molecule has 0 aliphatic heterocycles. The number of hydrogen-bond acceptors (Lipinski definition) is 7. The fourth-order valence-corrected chi connectivity index (χ4v) is 2.43. The molecular formula is C19H20N2O5. The predicted octanol–water partition coefficient (Wildman–Crippen LogP) is 3.45. The van der Waals surface area contributed by atoms with Crippen molar-refractivity contribution in [1.82, 2.24) is 10.3 Å². The highest BCUT2D eigenvalue weighted by Crippen LogP contribution is 2.18. The van der Waals surface area contributed by atoms with Crippen molar-refractivity contribution in [1.29, 1.82) is 0 Å². The molecule has 26 heavy (non-hydrogen) atoms. The smallest absolute Gasteiger partial charge is 0.310 e. The standard InChI is InChI=1S/C19H20N2O5/c1-12-8-16(21-25-12)10-24-19(22)9-15-4-6-17(7-5-15)23-11-18-13(2)20-26-14(18)3/h4-8H,9-11H2,1-3H3. The van der Waals surface area contributed by atoms with E-state index in [1.165, 1.54) is 0 Å². The van der Waals surface area contributed by atoms with Gasteiger partial charge >= 0.3 is 5.97 Å². The van der Waals surface area contributed by atoms with E-state index < -0.39 is 0 Å². The van der Waals surface area contributed by atoms with Gasteiger partial charge in [-0.05, 0) is 38.5 Å². The van der Waals surface area contributed by atoms with Crippen molar-refractivity contribution in [2.45, 2.75) is 40.4 Å². The highest BCUT2D eigenvalue weighted by Gasteiger charge is 2.10. The summed E-state index contributed by atoms with van der Waals surface area (Å²) in [4.78, 5) is 11.9. The van der Waals surface area contributed by atoms with E-state index in [4.69, 9.17) is 18.5 Å². The van der Waals surface area contributed by atoms with Gasteiger partial charge in [-0.3, -0.25) is 4.79 Å². The first kappa shape index (κ1) is 17.7. The Hall–Kier alpha value is -3.09. The Bertz CT molecular complexity index is 860. The second-order valence-corrected chi connectivity index (χ2v) is 6.00. The van der Waals surface area contributed by atoms with Crippen LogP contribution in [-0.2, 0) is 29.2 Å². The van der Waals surface area contributed by atoms with Gasteiger partial charge in [0.15, 0.2) is 0 Å². The third kappa shape index (κ3) is 4.50. The first-order chi connectivity index (χ1) is 12.5. The Labute approximate surface area is 150 Å². The van der Waals surface area contributed by atoms with Crippen molar-refractivity contribution in [3.8, 4) is 5.75 Å². The molecule has 0 bridgehead atoms. The molecule has 7 nitrogen and oxygen atoms in total. The number of esters is 1. The van der Waals surface area contributed by atoms with Gasteiger partial charge in [-0.25, -0.2) is 0 Å². The van der Waals surface area contributed by atoms with Crippen molar-refractivity contribution < 1.29 is 23.3 Å². The zero-order valence-corrected chi connectivity index (χ0v) is 14.9. The molecule has 0 aliphatic rings. The molecule has 3 aromatic rings. The van der Waals surface area contributed by atoms with E-state index in [1.807, 2.05) is 38.1 Å². The van der Waals surface area contributed by atoms with Gasteiger partial charge in [0, 0.05) is 6.07 Å². The maximum atomic E-state index is 11.9. The number of ether oxygens (including phenoxy) is 2. The molecule has 0 N–H and O–H groups in total. The third-order valence-corrected chi connectivity index (χ3v) is 3.89. The molecule has 7 heteroatoms. The maximum absolute atomic E-state index is 11.9. The van der Waals surface area contributed by atoms with Gasteiger partial charge in [0.2, 0.25) is 0 Å². The minimum atomic E-state index is -0.324. The van der Waals surface area contributed by atoms with Gasteiger partial charge in [-0.15, -0.1) is 0 Å². The van der Waals surface area contributed by atoms with Crippen molar-refractivity contribution >= 4 is 5.97 Å². The van der Waals surface area contributed by atoms with Crippen LogP contribution in [-0.4, -0.2) is 16.3 Å². The first-order valence-electron chi connectivity index (χ1n) is 8.22. The molecule has 0 unspecified atom stereocenters. The van der Waals surface area contributed by atoms with E-state index in [0.29, 0.717) is 23.8 Å². The number of aromatic nitrogens is 2. The van der Waals surface area contributed by atoms with Crippen LogP contribution in [0.15, 0.2) is 39.4 Å². The van der Waals surface area contributed by atoms with Gasteiger partial charge in [0.25, 0.3) is 0 Å². The van der Waals surface area contributed by atoms with Crippen LogP contribution in [0.25, 0.3) is 0 Å². The summed E-state index contributed by atoms with van der Waals surface area (Å²) in [6, 6.07) is 9.05. The van der Waals surface area contributed by atoms with Crippen molar-refractivity contribution in [2.75, 3.05) is 0 Å². The minimum Gasteiger partial charge on any atom is -0.489 e. The average Bonchev–Trinajstić information content (AvgIpc) is 3.18. The van der Waals surface area contributed by atoms with E-state index in [2.05, 4.69) is 10.3 Å². The average molecular weight is 356 g/mol. The predicted molar refractivity (Wildman–Crippen MR) is 91.5 cm³/mol. The van der Waals surface area contributed by atoms with Crippen molar-refractivity contribution in [2.24, 2.45) is 0 Å². The van der Waals surface area contributed by atoms with Crippen LogP contribution in [0, 0.1) is 20.8 Å². The van der Waals surface area contributed by atoms with E-state index in [-0.39, 0.29) is 19.0 Å². The molecule has 0 atom stereocenters. The molecule has 0 saturated heterocycles. The number of carbonyl (C=O) groups excluding carboxylic acids is 1. The molecule has 0 aliphatic carbocycles. The molecule has 0 fully saturated rings. The summed E-state index contributed by atoms with van der Waals surface area (Å²) in [6.07, 6.45) is 0.182. The fraction of sp³-hybridized carbons (Fsp3) is 0.316. The maximum Gasteiger partial charge on any atom is 0.310 e. The number of rotatable bonds is 7. The van der Waals surface area contributed by atoms with Crippen LogP contribution >= 0.6 is 0 Å². The Balaban J connectivity index is 1.48. The zero-order chi connectivity index (χ0) is 18.5. The Morgan fingerprint density at radius 1 is 1.04 bits per heavy atom. The van der Waals surface area contributed by atoms with Crippen LogP contribution in [0.5, 0.6) is 5.75 Å².